The van der Waals surface area contributed by atoms with Crippen LogP contribution in [0.2, 0.25) is 0 Å². The third-order valence-electron chi connectivity index (χ3n) is 17.6. The predicted octanol–water partition coefficient (Wildman–Crippen LogP) is 9.17. The van der Waals surface area contributed by atoms with Crippen molar-refractivity contribution in [2.24, 2.45) is 56.2 Å². The molecule has 9 heteroatoms. The van der Waals surface area contributed by atoms with Gasteiger partial charge in [0.1, 0.15) is 0 Å². The van der Waals surface area contributed by atoms with Gasteiger partial charge in [-0.2, -0.15) is 4.31 Å². The largest absolute Gasteiger partial charge is 0.399 e. The summed E-state index contributed by atoms with van der Waals surface area (Å²) >= 11 is 0. The van der Waals surface area contributed by atoms with E-state index in [4.69, 9.17) is 5.73 Å². The summed E-state index contributed by atoms with van der Waals surface area (Å²) in [5.41, 5.74) is 8.36. The first-order chi connectivity index (χ1) is 27.5. The van der Waals surface area contributed by atoms with Gasteiger partial charge < -0.3 is 21.3 Å². The molecule has 0 aliphatic heterocycles. The number of nitrogen functional groups attached to an aromatic ring is 1. The minimum absolute atomic E-state index is 0.00342. The van der Waals surface area contributed by atoms with Gasteiger partial charge in [-0.05, 0) is 151 Å². The summed E-state index contributed by atoms with van der Waals surface area (Å²) in [7, 11) is -3.97. The quantitative estimate of drug-likeness (QED) is 0.132. The van der Waals surface area contributed by atoms with E-state index in [1.807, 2.05) is 44.2 Å². The molecule has 0 spiro atoms. The average Bonchev–Trinajstić information content (AvgIpc) is 3.16. The number of aliphatic hydroxyl groups is 2. The molecule has 2 aromatic carbocycles. The second kappa shape index (κ2) is 15.6. The lowest BCUT2D eigenvalue weighted by molar-refractivity contribution is -0.203. The number of nitrogens with one attached hydrogen (secondary N) is 1. The molecule has 7 rings (SSSR count). The summed E-state index contributed by atoms with van der Waals surface area (Å²) in [6.07, 6.45) is 11.1. The molecule has 0 saturated heterocycles. The molecule has 5 aliphatic rings. The summed E-state index contributed by atoms with van der Waals surface area (Å²) in [4.78, 5) is 15.6. The molecular formula is C50H75N3O5S. The molecule has 0 aromatic heterocycles. The van der Waals surface area contributed by atoms with Gasteiger partial charge >= 0.3 is 0 Å². The number of aliphatic hydroxyl groups excluding tert-OH is 2. The van der Waals surface area contributed by atoms with Gasteiger partial charge in [-0.25, -0.2) is 8.42 Å². The fraction of sp³-hybridized carbons (Fsp3) is 0.700. The first-order valence-electron chi connectivity index (χ1n) is 22.8. The molecule has 2 aromatic rings. The van der Waals surface area contributed by atoms with Gasteiger partial charge in [-0.15, -0.1) is 0 Å². The number of hydrogen-bond donors (Lipinski definition) is 4. The van der Waals surface area contributed by atoms with Crippen molar-refractivity contribution in [3.8, 4) is 0 Å². The predicted molar refractivity (Wildman–Crippen MR) is 238 cm³/mol. The highest BCUT2D eigenvalue weighted by molar-refractivity contribution is 7.89. The number of sulfonamides is 1. The van der Waals surface area contributed by atoms with E-state index in [1.165, 1.54) is 22.0 Å². The fourth-order valence-electron chi connectivity index (χ4n) is 13.9. The number of nitrogens with zero attached hydrogens (tertiary/aromatic N) is 1. The van der Waals surface area contributed by atoms with E-state index in [-0.39, 0.29) is 68.9 Å². The highest BCUT2D eigenvalue weighted by Crippen LogP contribution is 2.75. The van der Waals surface area contributed by atoms with E-state index in [9.17, 15) is 18.6 Å². The molecule has 4 saturated carbocycles. The highest BCUT2D eigenvalue weighted by atomic mass is 32.2. The number of fused-ring (bicyclic) bond motifs is 7. The summed E-state index contributed by atoms with van der Waals surface area (Å²) in [5.74, 6) is 1.08. The zero-order valence-corrected chi connectivity index (χ0v) is 38.4. The summed E-state index contributed by atoms with van der Waals surface area (Å²) in [6.45, 7) is 21.0. The molecule has 10 atom stereocenters. The molecule has 0 bridgehead atoms. The molecular weight excluding hydrogens is 755 g/mol. The van der Waals surface area contributed by atoms with Gasteiger partial charge in [0.05, 0.1) is 28.6 Å². The zero-order valence-electron chi connectivity index (χ0n) is 37.6. The van der Waals surface area contributed by atoms with E-state index in [1.54, 1.807) is 12.1 Å². The van der Waals surface area contributed by atoms with Gasteiger partial charge in [0.2, 0.25) is 15.9 Å². The number of allylic oxidation sites excluding steroid dienone is 2. The molecule has 0 radical (unpaired) electrons. The maximum Gasteiger partial charge on any atom is 0.243 e. The second-order valence-corrected chi connectivity index (χ2v) is 24.3. The van der Waals surface area contributed by atoms with Crippen LogP contribution >= 0.6 is 0 Å². The number of nitrogens with two attached hydrogens (primary N) is 1. The maximum absolute atomic E-state index is 15.4. The number of rotatable bonds is 11. The van der Waals surface area contributed by atoms with Crippen LogP contribution in [0.1, 0.15) is 132 Å². The lowest BCUT2D eigenvalue weighted by atomic mass is 9.33. The van der Waals surface area contributed by atoms with Crippen LogP contribution in [0.3, 0.4) is 0 Å². The third kappa shape index (κ3) is 7.54. The Kier molecular flexibility index (Phi) is 11.7. The Hall–Kier alpha value is -2.72. The number of hydrogen-bond acceptors (Lipinski definition) is 6. The van der Waals surface area contributed by atoms with E-state index in [0.29, 0.717) is 23.9 Å². The Bertz CT molecular complexity index is 2000. The zero-order chi connectivity index (χ0) is 43.0. The number of amides is 1. The van der Waals surface area contributed by atoms with Crippen molar-refractivity contribution in [3.63, 3.8) is 0 Å². The van der Waals surface area contributed by atoms with E-state index < -0.39 is 27.6 Å². The van der Waals surface area contributed by atoms with Crippen molar-refractivity contribution in [2.45, 2.75) is 156 Å². The van der Waals surface area contributed by atoms with Crippen LogP contribution in [-0.2, 0) is 21.2 Å². The number of carbonyl (C=O) groups excluding carboxylic acids is 1. The van der Waals surface area contributed by atoms with Crippen molar-refractivity contribution in [3.05, 3.63) is 71.8 Å². The number of carbonyl (C=O) groups is 1. The SMILES string of the molecule is CC(C)CN(C[C@@H](O)[C@H](Cc1ccccc1)NC(=O)[C@]12CCC(C)(C)C[C@H]1C1=CC[C@@H]3[C@@]4(C)CC[C@H](O)C(C)(C)[C@@H]4CC[C@@]3(C)[C@]1(C)CC2)S(=O)(=O)c1ccc(N)cc1. The molecule has 1 amide bonds. The van der Waals surface area contributed by atoms with Crippen LogP contribution in [0.5, 0.6) is 0 Å². The summed E-state index contributed by atoms with van der Waals surface area (Å²) in [6, 6.07) is 15.4. The topological polar surface area (TPSA) is 133 Å². The van der Waals surface area contributed by atoms with Gasteiger partial charge in [0, 0.05) is 18.8 Å². The van der Waals surface area contributed by atoms with Gasteiger partial charge in [0.15, 0.2) is 0 Å². The van der Waals surface area contributed by atoms with Crippen LogP contribution in [0, 0.1) is 56.2 Å². The monoisotopic (exact) mass is 830 g/mol. The normalized spacial score (nSPS) is 36.0. The Morgan fingerprint density at radius 1 is 0.864 bits per heavy atom. The van der Waals surface area contributed by atoms with Crippen molar-refractivity contribution >= 4 is 21.6 Å². The first-order valence-corrected chi connectivity index (χ1v) is 24.2. The van der Waals surface area contributed by atoms with Crippen LogP contribution in [-0.4, -0.2) is 60.2 Å². The molecule has 5 N–H and O–H groups in total. The lowest BCUT2D eigenvalue weighted by Crippen LogP contribution is -2.66. The summed E-state index contributed by atoms with van der Waals surface area (Å²) in [5, 5.41) is 26.9. The Morgan fingerprint density at radius 2 is 1.53 bits per heavy atom. The molecule has 326 valence electrons. The van der Waals surface area contributed by atoms with E-state index in [0.717, 1.165) is 69.8 Å². The van der Waals surface area contributed by atoms with E-state index in [2.05, 4.69) is 59.9 Å². The number of benzene rings is 2. The Labute approximate surface area is 356 Å². The molecule has 0 heterocycles. The Morgan fingerprint density at radius 3 is 2.19 bits per heavy atom. The maximum atomic E-state index is 15.4. The third-order valence-corrected chi connectivity index (χ3v) is 19.5. The van der Waals surface area contributed by atoms with Crippen LogP contribution < -0.4 is 11.1 Å². The molecule has 5 aliphatic carbocycles. The second-order valence-electron chi connectivity index (χ2n) is 22.4. The fourth-order valence-corrected chi connectivity index (χ4v) is 15.5. The van der Waals surface area contributed by atoms with Crippen LogP contribution in [0.25, 0.3) is 0 Å². The van der Waals surface area contributed by atoms with Gasteiger partial charge in [-0.1, -0.05) is 104 Å². The molecule has 59 heavy (non-hydrogen) atoms. The van der Waals surface area contributed by atoms with Crippen molar-refractivity contribution in [2.75, 3.05) is 18.8 Å². The molecule has 8 nitrogen and oxygen atoms in total. The minimum Gasteiger partial charge on any atom is -0.399 e. The standard InChI is InChI=1S/C50H75N3O5S/c1-33(2)31-53(59(57,58)36-17-15-35(51)16-18-36)32-40(54)39(29-34-13-11-10-12-14-34)52-44(56)50-27-25-45(3,4)30-38(50)37-19-20-42-47(7)23-22-43(55)46(5,6)41(47)21-24-49(42,9)48(37,8)26-28-50/h10-19,33,38-43,54-55H,20-32,51H2,1-9H3,(H,52,56)/t38-,39-,40+,41-,42+,43-,47-,48+,49+,50-/m0/s1. The van der Waals surface area contributed by atoms with Crippen LogP contribution in [0.15, 0.2) is 71.1 Å². The van der Waals surface area contributed by atoms with Gasteiger partial charge in [0.25, 0.3) is 0 Å². The minimum atomic E-state index is -3.97. The first kappa shape index (κ1) is 44.3. The van der Waals surface area contributed by atoms with Crippen LogP contribution in [0.4, 0.5) is 5.69 Å². The van der Waals surface area contributed by atoms with Crippen molar-refractivity contribution in [1.82, 2.24) is 9.62 Å². The summed E-state index contributed by atoms with van der Waals surface area (Å²) < 4.78 is 29.6. The lowest BCUT2D eigenvalue weighted by Gasteiger charge is -2.71. The van der Waals surface area contributed by atoms with E-state index >= 15 is 4.79 Å². The smallest absolute Gasteiger partial charge is 0.243 e. The molecule has 4 fully saturated rings. The molecule has 0 unspecified atom stereocenters. The number of anilines is 1. The van der Waals surface area contributed by atoms with Crippen molar-refractivity contribution in [1.29, 1.82) is 0 Å². The highest BCUT2D eigenvalue weighted by Gasteiger charge is 2.69. The van der Waals surface area contributed by atoms with Crippen molar-refractivity contribution < 1.29 is 23.4 Å². The Balaban J connectivity index is 1.22. The average molecular weight is 830 g/mol. The van der Waals surface area contributed by atoms with Gasteiger partial charge in [-0.3, -0.25) is 4.79 Å².